The lowest BCUT2D eigenvalue weighted by atomic mass is 10.0. The molecule has 4 rings (SSSR count). The molecule has 0 saturated carbocycles. The van der Waals surface area contributed by atoms with Gasteiger partial charge in [0.1, 0.15) is 11.8 Å². The van der Waals surface area contributed by atoms with Gasteiger partial charge < -0.3 is 4.74 Å². The molecule has 0 amide bonds. The minimum Gasteiger partial charge on any atom is -0.493 e. The molecule has 0 aliphatic carbocycles. The highest BCUT2D eigenvalue weighted by atomic mass is 32.2. The van der Waals surface area contributed by atoms with E-state index in [0.29, 0.717) is 11.5 Å². The summed E-state index contributed by atoms with van der Waals surface area (Å²) in [6.07, 6.45) is 2.85. The van der Waals surface area contributed by atoms with Crippen LogP contribution in [0.4, 0.5) is 0 Å². The lowest BCUT2D eigenvalue weighted by molar-refractivity contribution is 0.317. The topological polar surface area (TPSA) is 45.9 Å². The quantitative estimate of drug-likeness (QED) is 0.260. The van der Waals surface area contributed by atoms with Crippen LogP contribution in [0.1, 0.15) is 18.9 Å². The average molecular weight is 403 g/mol. The van der Waals surface area contributed by atoms with Crippen LogP contribution in [0.5, 0.6) is 5.75 Å². The van der Waals surface area contributed by atoms with Gasteiger partial charge in [-0.25, -0.2) is 4.98 Å². The molecule has 0 fully saturated rings. The Kier molecular flexibility index (Phi) is 5.61. The van der Waals surface area contributed by atoms with E-state index < -0.39 is 0 Å². The van der Waals surface area contributed by atoms with Gasteiger partial charge in [-0.05, 0) is 53.2 Å². The second-order valence-corrected chi connectivity index (χ2v) is 8.54. The Hall–Kier alpha value is -2.81. The first-order valence-corrected chi connectivity index (χ1v) is 10.7. The van der Waals surface area contributed by atoms with Gasteiger partial charge in [0.05, 0.1) is 21.7 Å². The van der Waals surface area contributed by atoms with Crippen LogP contribution in [0.2, 0.25) is 0 Å². The molecule has 0 atom stereocenters. The number of nitriles is 1. The fourth-order valence-electron chi connectivity index (χ4n) is 2.97. The van der Waals surface area contributed by atoms with E-state index in [-0.39, 0.29) is 0 Å². The van der Waals surface area contributed by atoms with E-state index in [1.807, 2.05) is 48.5 Å². The number of hydrogen-bond donors (Lipinski definition) is 0. The van der Waals surface area contributed by atoms with Gasteiger partial charge in [-0.15, -0.1) is 11.3 Å². The molecule has 5 heteroatoms. The Morgan fingerprint density at radius 1 is 1.14 bits per heavy atom. The maximum absolute atomic E-state index is 9.76. The smallest absolute Gasteiger partial charge is 0.156 e. The van der Waals surface area contributed by atoms with Crippen molar-refractivity contribution >= 4 is 50.2 Å². The molecule has 0 saturated heterocycles. The van der Waals surface area contributed by atoms with Crippen LogP contribution in [0, 0.1) is 11.3 Å². The molecule has 0 aliphatic heterocycles. The third-order valence-corrected chi connectivity index (χ3v) is 6.28. The largest absolute Gasteiger partial charge is 0.493 e. The van der Waals surface area contributed by atoms with Gasteiger partial charge in [-0.1, -0.05) is 49.4 Å². The molecule has 138 valence electrons. The number of allylic oxidation sites excluding steroid dienone is 1. The Morgan fingerprint density at radius 3 is 2.79 bits per heavy atom. The van der Waals surface area contributed by atoms with E-state index in [9.17, 15) is 5.26 Å². The Balaban J connectivity index is 1.76. The predicted molar refractivity (Wildman–Crippen MR) is 119 cm³/mol. The van der Waals surface area contributed by atoms with Gasteiger partial charge in [0, 0.05) is 5.56 Å². The van der Waals surface area contributed by atoms with Gasteiger partial charge in [0.15, 0.2) is 4.34 Å². The van der Waals surface area contributed by atoms with E-state index in [4.69, 9.17) is 4.74 Å². The van der Waals surface area contributed by atoms with Crippen molar-refractivity contribution in [1.82, 2.24) is 4.98 Å². The molecule has 3 aromatic carbocycles. The third kappa shape index (κ3) is 3.89. The van der Waals surface area contributed by atoms with Gasteiger partial charge in [-0.3, -0.25) is 0 Å². The first-order chi connectivity index (χ1) is 13.8. The first-order valence-electron chi connectivity index (χ1n) is 9.08. The molecule has 0 N–H and O–H groups in total. The molecule has 0 bridgehead atoms. The number of benzene rings is 3. The van der Waals surface area contributed by atoms with Crippen molar-refractivity contribution in [2.24, 2.45) is 0 Å². The number of nitrogens with zero attached hydrogens (tertiary/aromatic N) is 2. The molecule has 0 unspecified atom stereocenters. The maximum atomic E-state index is 9.76. The molecular weight excluding hydrogens is 384 g/mol. The lowest BCUT2D eigenvalue weighted by Gasteiger charge is -2.12. The van der Waals surface area contributed by atoms with Gasteiger partial charge >= 0.3 is 0 Å². The molecule has 1 heterocycles. The summed E-state index contributed by atoms with van der Waals surface area (Å²) >= 11 is 3.00. The van der Waals surface area contributed by atoms with Crippen LogP contribution >= 0.6 is 23.1 Å². The average Bonchev–Trinajstić information content (AvgIpc) is 3.14. The van der Waals surface area contributed by atoms with Crippen molar-refractivity contribution in [3.05, 3.63) is 71.1 Å². The normalized spacial score (nSPS) is 11.6. The zero-order valence-corrected chi connectivity index (χ0v) is 17.0. The first kappa shape index (κ1) is 18.5. The zero-order chi connectivity index (χ0) is 19.3. The van der Waals surface area contributed by atoms with Gasteiger partial charge in [-0.2, -0.15) is 5.26 Å². The summed E-state index contributed by atoms with van der Waals surface area (Å²) in [6, 6.07) is 22.6. The molecule has 0 spiro atoms. The van der Waals surface area contributed by atoms with Gasteiger partial charge in [0.25, 0.3) is 0 Å². The number of para-hydroxylation sites is 1. The lowest BCUT2D eigenvalue weighted by Crippen LogP contribution is -1.97. The van der Waals surface area contributed by atoms with Crippen molar-refractivity contribution < 1.29 is 4.74 Å². The van der Waals surface area contributed by atoms with Crippen LogP contribution in [-0.4, -0.2) is 11.6 Å². The van der Waals surface area contributed by atoms with Crippen molar-refractivity contribution in [3.63, 3.8) is 0 Å². The molecule has 4 aromatic rings. The molecule has 28 heavy (non-hydrogen) atoms. The summed E-state index contributed by atoms with van der Waals surface area (Å²) in [5.41, 5.74) is 1.90. The Labute approximate surface area is 172 Å². The highest BCUT2D eigenvalue weighted by Crippen LogP contribution is 2.37. The highest BCUT2D eigenvalue weighted by Gasteiger charge is 2.11. The highest BCUT2D eigenvalue weighted by molar-refractivity contribution is 8.05. The van der Waals surface area contributed by atoms with Crippen LogP contribution in [0.25, 0.3) is 27.1 Å². The molecular formula is C23H18N2OS2. The summed E-state index contributed by atoms with van der Waals surface area (Å²) in [7, 11) is 0. The maximum Gasteiger partial charge on any atom is 0.156 e. The van der Waals surface area contributed by atoms with E-state index >= 15 is 0 Å². The third-order valence-electron chi connectivity index (χ3n) is 4.25. The summed E-state index contributed by atoms with van der Waals surface area (Å²) in [4.78, 5) is 5.23. The second kappa shape index (κ2) is 8.47. The standard InChI is InChI=1S/C23H18N2OS2/c1-2-13-26-21-12-11-16-7-3-4-8-18(16)19(21)14-17(15-24)27-23-25-20-9-5-6-10-22(20)28-23/h3-12,14H,2,13H2,1H3. The zero-order valence-electron chi connectivity index (χ0n) is 15.4. The molecule has 0 radical (unpaired) electrons. The number of fused-ring (bicyclic) bond motifs is 2. The van der Waals surface area contributed by atoms with Gasteiger partial charge in [0.2, 0.25) is 0 Å². The summed E-state index contributed by atoms with van der Waals surface area (Å²) in [5.74, 6) is 0.804. The molecule has 1 aromatic heterocycles. The van der Waals surface area contributed by atoms with Crippen molar-refractivity contribution in [3.8, 4) is 11.8 Å². The monoisotopic (exact) mass is 402 g/mol. The van der Waals surface area contributed by atoms with E-state index in [1.54, 1.807) is 11.3 Å². The van der Waals surface area contributed by atoms with Crippen LogP contribution < -0.4 is 4.74 Å². The minimum atomic E-state index is 0.594. The predicted octanol–water partition coefficient (Wildman–Crippen LogP) is 6.90. The van der Waals surface area contributed by atoms with E-state index in [0.717, 1.165) is 43.1 Å². The van der Waals surface area contributed by atoms with E-state index in [1.165, 1.54) is 11.8 Å². The van der Waals surface area contributed by atoms with Crippen molar-refractivity contribution in [2.45, 2.75) is 17.7 Å². The SMILES string of the molecule is CCCOc1ccc2ccccc2c1C=C(C#N)Sc1nc2ccccc2s1. The summed E-state index contributed by atoms with van der Waals surface area (Å²) in [5, 5.41) is 12.0. The second-order valence-electron chi connectivity index (χ2n) is 6.22. The molecule has 3 nitrogen and oxygen atoms in total. The number of aromatic nitrogens is 1. The number of thiazole rings is 1. The number of thioether (sulfide) groups is 1. The number of rotatable bonds is 6. The van der Waals surface area contributed by atoms with Crippen LogP contribution in [0.3, 0.4) is 0 Å². The Morgan fingerprint density at radius 2 is 1.96 bits per heavy atom. The van der Waals surface area contributed by atoms with Crippen molar-refractivity contribution in [1.29, 1.82) is 5.26 Å². The fourth-order valence-corrected chi connectivity index (χ4v) is 4.92. The van der Waals surface area contributed by atoms with Crippen molar-refractivity contribution in [2.75, 3.05) is 6.61 Å². The number of hydrogen-bond acceptors (Lipinski definition) is 5. The van der Waals surface area contributed by atoms with Crippen LogP contribution in [-0.2, 0) is 0 Å². The number of ether oxygens (including phenoxy) is 1. The fraction of sp³-hybridized carbons (Fsp3) is 0.130. The summed E-state index contributed by atoms with van der Waals surface area (Å²) in [6.45, 7) is 2.73. The molecule has 0 aliphatic rings. The van der Waals surface area contributed by atoms with Crippen LogP contribution in [0.15, 0.2) is 69.9 Å². The minimum absolute atomic E-state index is 0.594. The summed E-state index contributed by atoms with van der Waals surface area (Å²) < 4.78 is 7.95. The van der Waals surface area contributed by atoms with E-state index in [2.05, 4.69) is 36.2 Å². The Bertz CT molecular complexity index is 1170.